The van der Waals surface area contributed by atoms with Gasteiger partial charge in [-0.1, -0.05) is 37.3 Å². The number of likely N-dealkylation sites (N-methyl/N-ethyl adjacent to an activating group) is 1. The van der Waals surface area contributed by atoms with E-state index in [1.165, 1.54) is 11.1 Å². The lowest BCUT2D eigenvalue weighted by Crippen LogP contribution is -2.49. The first-order valence-corrected chi connectivity index (χ1v) is 8.88. The zero-order valence-corrected chi connectivity index (χ0v) is 14.9. The molecule has 3 rings (SSSR count). The minimum absolute atomic E-state index is 0.0580. The summed E-state index contributed by atoms with van der Waals surface area (Å²) in [6, 6.07) is 12.0. The van der Waals surface area contributed by atoms with Gasteiger partial charge < -0.3 is 10.1 Å². The number of aromatic nitrogens is 1. The van der Waals surface area contributed by atoms with Crippen molar-refractivity contribution in [2.45, 2.75) is 39.4 Å². The topological polar surface area (TPSA) is 54.5 Å². The van der Waals surface area contributed by atoms with Gasteiger partial charge in [-0.2, -0.15) is 0 Å². The normalized spacial score (nSPS) is 17.0. The van der Waals surface area contributed by atoms with E-state index in [0.717, 1.165) is 25.1 Å². The average molecular weight is 339 g/mol. The number of ether oxygens (including phenoxy) is 1. The first kappa shape index (κ1) is 17.4. The van der Waals surface area contributed by atoms with Crippen LogP contribution in [-0.4, -0.2) is 35.0 Å². The number of hydrogen-bond donors (Lipinski definition) is 1. The van der Waals surface area contributed by atoms with Gasteiger partial charge in [-0.3, -0.25) is 9.69 Å². The number of carbonyl (C=O) groups excluding carboxylic acids is 1. The molecular weight excluding hydrogens is 314 g/mol. The van der Waals surface area contributed by atoms with E-state index in [9.17, 15) is 4.79 Å². The maximum absolute atomic E-state index is 12.8. The zero-order valence-electron chi connectivity index (χ0n) is 14.9. The van der Waals surface area contributed by atoms with Gasteiger partial charge in [0.15, 0.2) is 0 Å². The van der Waals surface area contributed by atoms with E-state index in [1.54, 1.807) is 6.20 Å². The quantitative estimate of drug-likeness (QED) is 0.879. The van der Waals surface area contributed by atoms with Crippen LogP contribution >= 0.6 is 0 Å². The van der Waals surface area contributed by atoms with Crippen LogP contribution in [0, 0.1) is 0 Å². The van der Waals surface area contributed by atoms with Crippen molar-refractivity contribution in [3.8, 4) is 5.88 Å². The fraction of sp³-hybridized carbons (Fsp3) is 0.400. The van der Waals surface area contributed by atoms with E-state index in [4.69, 9.17) is 4.74 Å². The minimum atomic E-state index is -0.132. The van der Waals surface area contributed by atoms with Gasteiger partial charge >= 0.3 is 0 Å². The van der Waals surface area contributed by atoms with Crippen LogP contribution in [0.4, 0.5) is 0 Å². The number of nitrogens with zero attached hydrogens (tertiary/aromatic N) is 2. The van der Waals surface area contributed by atoms with Gasteiger partial charge in [0.25, 0.3) is 0 Å². The summed E-state index contributed by atoms with van der Waals surface area (Å²) in [5.74, 6) is 0.647. The highest BCUT2D eigenvalue weighted by atomic mass is 16.5. The molecule has 132 valence electrons. The van der Waals surface area contributed by atoms with Crippen molar-refractivity contribution in [3.05, 3.63) is 59.3 Å². The molecule has 1 aromatic carbocycles. The summed E-state index contributed by atoms with van der Waals surface area (Å²) in [6.07, 6.45) is 2.45. The summed E-state index contributed by atoms with van der Waals surface area (Å²) in [4.78, 5) is 19.3. The Hall–Kier alpha value is -2.40. The number of hydrogen-bond acceptors (Lipinski definition) is 4. The Labute approximate surface area is 149 Å². The Morgan fingerprint density at radius 2 is 2.04 bits per heavy atom. The molecule has 5 heteroatoms. The Morgan fingerprint density at radius 3 is 2.80 bits per heavy atom. The SMILES string of the molecule is CCOc1ncccc1CNC(=O)C1Cc2ccccc2CN1CC. The van der Waals surface area contributed by atoms with Gasteiger partial charge in [-0.25, -0.2) is 4.98 Å². The van der Waals surface area contributed by atoms with Crippen molar-refractivity contribution in [2.24, 2.45) is 0 Å². The molecule has 1 aliphatic heterocycles. The first-order valence-electron chi connectivity index (χ1n) is 8.88. The predicted octanol–water partition coefficient (Wildman–Crippen LogP) is 2.54. The van der Waals surface area contributed by atoms with Gasteiger partial charge in [-0.15, -0.1) is 0 Å². The number of amides is 1. The molecule has 1 N–H and O–H groups in total. The molecule has 2 aromatic rings. The Kier molecular flexibility index (Phi) is 5.66. The van der Waals surface area contributed by atoms with Crippen LogP contribution in [0.25, 0.3) is 0 Å². The number of carbonyl (C=O) groups is 1. The molecule has 1 atom stereocenters. The van der Waals surface area contributed by atoms with Gasteiger partial charge in [0.1, 0.15) is 0 Å². The minimum Gasteiger partial charge on any atom is -0.478 e. The van der Waals surface area contributed by atoms with Gasteiger partial charge in [-0.05, 0) is 37.1 Å². The van der Waals surface area contributed by atoms with Crippen LogP contribution in [0.15, 0.2) is 42.6 Å². The van der Waals surface area contributed by atoms with E-state index in [0.29, 0.717) is 19.0 Å². The van der Waals surface area contributed by atoms with Gasteiger partial charge in [0, 0.05) is 24.8 Å². The van der Waals surface area contributed by atoms with Gasteiger partial charge in [0.05, 0.1) is 12.6 Å². The second-order valence-corrected chi connectivity index (χ2v) is 6.17. The number of pyridine rings is 1. The lowest BCUT2D eigenvalue weighted by molar-refractivity contribution is -0.127. The lowest BCUT2D eigenvalue weighted by Gasteiger charge is -2.35. The maximum atomic E-state index is 12.8. The summed E-state index contributed by atoms with van der Waals surface area (Å²) < 4.78 is 5.53. The molecule has 5 nitrogen and oxygen atoms in total. The van der Waals surface area contributed by atoms with Crippen molar-refractivity contribution < 1.29 is 9.53 Å². The van der Waals surface area contributed by atoms with Crippen molar-refractivity contribution in [1.82, 2.24) is 15.2 Å². The standard InChI is InChI=1S/C20H25N3O2/c1-3-23-14-17-9-6-5-8-15(17)12-18(23)19(24)22-13-16-10-7-11-21-20(16)25-4-2/h5-11,18H,3-4,12-14H2,1-2H3,(H,22,24). The maximum Gasteiger partial charge on any atom is 0.237 e. The molecule has 1 amide bonds. The molecular formula is C20H25N3O2. The molecule has 0 saturated carbocycles. The molecule has 0 spiro atoms. The highest BCUT2D eigenvalue weighted by molar-refractivity contribution is 5.82. The molecule has 0 fully saturated rings. The molecule has 1 aliphatic rings. The molecule has 0 bridgehead atoms. The fourth-order valence-electron chi connectivity index (χ4n) is 3.29. The predicted molar refractivity (Wildman–Crippen MR) is 97.3 cm³/mol. The van der Waals surface area contributed by atoms with E-state index in [2.05, 4.69) is 40.3 Å². The first-order chi connectivity index (χ1) is 12.2. The number of nitrogens with one attached hydrogen (secondary N) is 1. The summed E-state index contributed by atoms with van der Waals surface area (Å²) in [7, 11) is 0. The Bertz CT molecular complexity index is 732. The largest absolute Gasteiger partial charge is 0.478 e. The van der Waals surface area contributed by atoms with Crippen LogP contribution in [0.1, 0.15) is 30.5 Å². The zero-order chi connectivity index (χ0) is 17.6. The summed E-state index contributed by atoms with van der Waals surface area (Å²) in [5, 5.41) is 3.06. The molecule has 25 heavy (non-hydrogen) atoms. The molecule has 1 aromatic heterocycles. The van der Waals surface area contributed by atoms with Crippen LogP contribution in [0.3, 0.4) is 0 Å². The van der Waals surface area contributed by atoms with E-state index in [-0.39, 0.29) is 11.9 Å². The summed E-state index contributed by atoms with van der Waals surface area (Å²) in [5.41, 5.74) is 3.49. The van der Waals surface area contributed by atoms with Crippen LogP contribution in [-0.2, 0) is 24.3 Å². The van der Waals surface area contributed by atoms with Crippen molar-refractivity contribution in [3.63, 3.8) is 0 Å². The van der Waals surface area contributed by atoms with Crippen molar-refractivity contribution >= 4 is 5.91 Å². The smallest absolute Gasteiger partial charge is 0.237 e. The molecule has 0 saturated heterocycles. The van der Waals surface area contributed by atoms with Crippen LogP contribution in [0.2, 0.25) is 0 Å². The second-order valence-electron chi connectivity index (χ2n) is 6.17. The third-order valence-electron chi connectivity index (χ3n) is 4.64. The summed E-state index contributed by atoms with van der Waals surface area (Å²) in [6.45, 7) is 6.68. The van der Waals surface area contributed by atoms with E-state index >= 15 is 0 Å². The van der Waals surface area contributed by atoms with Gasteiger partial charge in [0.2, 0.25) is 11.8 Å². The monoisotopic (exact) mass is 339 g/mol. The highest BCUT2D eigenvalue weighted by Gasteiger charge is 2.30. The summed E-state index contributed by atoms with van der Waals surface area (Å²) >= 11 is 0. The fourth-order valence-corrected chi connectivity index (χ4v) is 3.29. The second kappa shape index (κ2) is 8.12. The highest BCUT2D eigenvalue weighted by Crippen LogP contribution is 2.23. The van der Waals surface area contributed by atoms with Crippen molar-refractivity contribution in [1.29, 1.82) is 0 Å². The Balaban J connectivity index is 1.69. The third-order valence-corrected chi connectivity index (χ3v) is 4.64. The number of fused-ring (bicyclic) bond motifs is 1. The lowest BCUT2D eigenvalue weighted by atomic mass is 9.93. The molecule has 0 aliphatic carbocycles. The Morgan fingerprint density at radius 1 is 1.24 bits per heavy atom. The van der Waals surface area contributed by atoms with E-state index in [1.807, 2.05) is 25.1 Å². The van der Waals surface area contributed by atoms with Crippen LogP contribution < -0.4 is 10.1 Å². The molecule has 0 radical (unpaired) electrons. The molecule has 2 heterocycles. The van der Waals surface area contributed by atoms with E-state index < -0.39 is 0 Å². The van der Waals surface area contributed by atoms with Crippen molar-refractivity contribution in [2.75, 3.05) is 13.2 Å². The van der Waals surface area contributed by atoms with Crippen LogP contribution in [0.5, 0.6) is 5.88 Å². The third kappa shape index (κ3) is 3.99. The average Bonchev–Trinajstić information content (AvgIpc) is 2.66. The molecule has 1 unspecified atom stereocenters. The number of rotatable bonds is 6. The number of benzene rings is 1.